The number of methoxy groups -OCH3 is 2. The number of hydrogen-bond donors (Lipinski definition) is 2. The van der Waals surface area contributed by atoms with Gasteiger partial charge in [0, 0.05) is 18.2 Å². The molecule has 0 bridgehead atoms. The summed E-state index contributed by atoms with van der Waals surface area (Å²) in [4.78, 5) is 48.0. The maximum atomic E-state index is 12.6. The van der Waals surface area contributed by atoms with Gasteiger partial charge in [0.1, 0.15) is 9.88 Å². The number of amides is 2. The van der Waals surface area contributed by atoms with E-state index in [4.69, 9.17) is 9.47 Å². The molecule has 0 radical (unpaired) electrons. The van der Waals surface area contributed by atoms with E-state index >= 15 is 0 Å². The van der Waals surface area contributed by atoms with Crippen molar-refractivity contribution >= 4 is 45.8 Å². The molecule has 2 N–H and O–H groups in total. The number of nitrogens with one attached hydrogen (secondary N) is 2. The van der Waals surface area contributed by atoms with Gasteiger partial charge < -0.3 is 20.1 Å². The summed E-state index contributed by atoms with van der Waals surface area (Å²) in [6.07, 6.45) is 0. The summed E-state index contributed by atoms with van der Waals surface area (Å²) in [5, 5.41) is 5.38. The lowest BCUT2D eigenvalue weighted by Gasteiger charge is -2.08. The number of thiophene rings is 1. The van der Waals surface area contributed by atoms with Crippen molar-refractivity contribution in [2.24, 2.45) is 0 Å². The normalized spacial score (nSPS) is 10.1. The van der Waals surface area contributed by atoms with Gasteiger partial charge in [0.15, 0.2) is 0 Å². The van der Waals surface area contributed by atoms with Crippen LogP contribution < -0.4 is 10.6 Å². The SMILES string of the molecule is COC(=O)c1sc(NC(=O)c2cccc(NC(C)=O)c2)c(C(=O)OC)c1C. The first-order chi connectivity index (χ1) is 12.8. The second-order valence-electron chi connectivity index (χ2n) is 5.46. The highest BCUT2D eigenvalue weighted by molar-refractivity contribution is 7.18. The molecule has 2 aromatic rings. The van der Waals surface area contributed by atoms with Crippen LogP contribution in [0.4, 0.5) is 10.7 Å². The summed E-state index contributed by atoms with van der Waals surface area (Å²) < 4.78 is 9.46. The largest absolute Gasteiger partial charge is 0.465 e. The lowest BCUT2D eigenvalue weighted by Crippen LogP contribution is -2.15. The zero-order valence-corrected chi connectivity index (χ0v) is 16.0. The summed E-state index contributed by atoms with van der Waals surface area (Å²) in [6, 6.07) is 6.31. The molecule has 0 aliphatic rings. The van der Waals surface area contributed by atoms with E-state index in [1.165, 1.54) is 27.2 Å². The fraction of sp³-hybridized carbons (Fsp3) is 0.222. The van der Waals surface area contributed by atoms with Crippen molar-refractivity contribution in [2.75, 3.05) is 24.9 Å². The molecular formula is C18H18N2O6S. The fourth-order valence-electron chi connectivity index (χ4n) is 2.35. The smallest absolute Gasteiger partial charge is 0.348 e. The molecule has 27 heavy (non-hydrogen) atoms. The summed E-state index contributed by atoms with van der Waals surface area (Å²) in [5.41, 5.74) is 1.18. The number of hydrogen-bond acceptors (Lipinski definition) is 7. The Hall–Kier alpha value is -3.20. The van der Waals surface area contributed by atoms with E-state index in [9.17, 15) is 19.2 Å². The molecule has 2 rings (SSSR count). The Morgan fingerprint density at radius 1 is 1.00 bits per heavy atom. The van der Waals surface area contributed by atoms with Gasteiger partial charge in [-0.3, -0.25) is 9.59 Å². The van der Waals surface area contributed by atoms with Gasteiger partial charge in [-0.05, 0) is 30.7 Å². The van der Waals surface area contributed by atoms with E-state index < -0.39 is 17.8 Å². The standard InChI is InChI=1S/C18H18N2O6S/c1-9-13(17(23)25-3)16(27-14(9)18(24)26-4)20-15(22)11-6-5-7-12(8-11)19-10(2)21/h5-8H,1-4H3,(H,19,21)(H,20,22). The van der Waals surface area contributed by atoms with Crippen LogP contribution in [0.3, 0.4) is 0 Å². The number of anilines is 2. The minimum atomic E-state index is -0.679. The topological polar surface area (TPSA) is 111 Å². The van der Waals surface area contributed by atoms with Gasteiger partial charge in [0.25, 0.3) is 5.91 Å². The molecule has 2 amide bonds. The predicted molar refractivity (Wildman–Crippen MR) is 100 cm³/mol. The number of ether oxygens (including phenoxy) is 2. The first kappa shape index (κ1) is 20.1. The van der Waals surface area contributed by atoms with E-state index in [0.717, 1.165) is 11.3 Å². The van der Waals surface area contributed by atoms with Crippen molar-refractivity contribution in [1.29, 1.82) is 0 Å². The molecule has 142 valence electrons. The molecule has 0 atom stereocenters. The van der Waals surface area contributed by atoms with Gasteiger partial charge in [0.05, 0.1) is 19.8 Å². The number of carbonyl (C=O) groups excluding carboxylic acids is 4. The molecule has 0 unspecified atom stereocenters. The number of benzene rings is 1. The minimum absolute atomic E-state index is 0.0919. The fourth-order valence-corrected chi connectivity index (χ4v) is 3.46. The lowest BCUT2D eigenvalue weighted by atomic mass is 10.1. The van der Waals surface area contributed by atoms with Gasteiger partial charge in [-0.15, -0.1) is 11.3 Å². The van der Waals surface area contributed by atoms with Crippen molar-refractivity contribution in [3.8, 4) is 0 Å². The van der Waals surface area contributed by atoms with Crippen LogP contribution >= 0.6 is 11.3 Å². The quantitative estimate of drug-likeness (QED) is 0.760. The highest BCUT2D eigenvalue weighted by Gasteiger charge is 2.27. The Morgan fingerprint density at radius 2 is 1.67 bits per heavy atom. The summed E-state index contributed by atoms with van der Waals surface area (Å²) in [7, 11) is 2.44. The lowest BCUT2D eigenvalue weighted by molar-refractivity contribution is -0.114. The van der Waals surface area contributed by atoms with Gasteiger partial charge in [-0.2, -0.15) is 0 Å². The summed E-state index contributed by atoms with van der Waals surface area (Å²) in [6.45, 7) is 2.93. The average Bonchev–Trinajstić information content (AvgIpc) is 2.96. The van der Waals surface area contributed by atoms with E-state index in [2.05, 4.69) is 10.6 Å². The number of rotatable bonds is 5. The van der Waals surface area contributed by atoms with Crippen LogP contribution in [0.2, 0.25) is 0 Å². The third-order valence-corrected chi connectivity index (χ3v) is 4.77. The first-order valence-corrected chi connectivity index (χ1v) is 8.59. The van der Waals surface area contributed by atoms with Gasteiger partial charge in [-0.25, -0.2) is 9.59 Å². The van der Waals surface area contributed by atoms with Crippen molar-refractivity contribution in [3.63, 3.8) is 0 Å². The first-order valence-electron chi connectivity index (χ1n) is 7.77. The van der Waals surface area contributed by atoms with E-state index in [1.807, 2.05) is 0 Å². The molecule has 0 aliphatic heterocycles. The molecular weight excluding hydrogens is 372 g/mol. The number of esters is 2. The predicted octanol–water partition coefficient (Wildman–Crippen LogP) is 2.84. The van der Waals surface area contributed by atoms with Crippen LogP contribution in [0.5, 0.6) is 0 Å². The van der Waals surface area contributed by atoms with Crippen molar-refractivity contribution in [2.45, 2.75) is 13.8 Å². The zero-order chi connectivity index (χ0) is 20.1. The van der Waals surface area contributed by atoms with Crippen LogP contribution in [0.15, 0.2) is 24.3 Å². The van der Waals surface area contributed by atoms with Crippen molar-refractivity contribution < 1.29 is 28.7 Å². The minimum Gasteiger partial charge on any atom is -0.465 e. The van der Waals surface area contributed by atoms with Crippen LogP contribution in [0.25, 0.3) is 0 Å². The van der Waals surface area contributed by atoms with Gasteiger partial charge >= 0.3 is 11.9 Å². The Bertz CT molecular complexity index is 919. The van der Waals surface area contributed by atoms with E-state index in [-0.39, 0.29) is 26.9 Å². The van der Waals surface area contributed by atoms with E-state index in [1.54, 1.807) is 25.1 Å². The molecule has 1 aromatic heterocycles. The number of carbonyl (C=O) groups is 4. The Morgan fingerprint density at radius 3 is 2.26 bits per heavy atom. The maximum absolute atomic E-state index is 12.6. The third-order valence-electron chi connectivity index (χ3n) is 3.58. The second kappa shape index (κ2) is 8.45. The average molecular weight is 390 g/mol. The van der Waals surface area contributed by atoms with Crippen LogP contribution in [-0.4, -0.2) is 38.0 Å². The van der Waals surface area contributed by atoms with Crippen molar-refractivity contribution in [1.82, 2.24) is 0 Å². The summed E-state index contributed by atoms with van der Waals surface area (Å²) >= 11 is 0.923. The molecule has 0 saturated heterocycles. The van der Waals surface area contributed by atoms with Gasteiger partial charge in [-0.1, -0.05) is 6.07 Å². The molecule has 9 heteroatoms. The van der Waals surface area contributed by atoms with Gasteiger partial charge in [0.2, 0.25) is 5.91 Å². The highest BCUT2D eigenvalue weighted by atomic mass is 32.1. The molecule has 0 fully saturated rings. The maximum Gasteiger partial charge on any atom is 0.348 e. The van der Waals surface area contributed by atoms with Crippen molar-refractivity contribution in [3.05, 3.63) is 45.8 Å². The molecule has 0 spiro atoms. The Labute approximate surface area is 159 Å². The third kappa shape index (κ3) is 4.50. The Kier molecular flexibility index (Phi) is 6.30. The van der Waals surface area contributed by atoms with Crippen LogP contribution in [-0.2, 0) is 14.3 Å². The zero-order valence-electron chi connectivity index (χ0n) is 15.2. The molecule has 1 heterocycles. The van der Waals surface area contributed by atoms with Crippen LogP contribution in [0.1, 0.15) is 42.9 Å². The Balaban J connectivity index is 2.38. The van der Waals surface area contributed by atoms with Crippen LogP contribution in [0, 0.1) is 6.92 Å². The highest BCUT2D eigenvalue weighted by Crippen LogP contribution is 2.34. The summed E-state index contributed by atoms with van der Waals surface area (Å²) in [5.74, 6) is -2.07. The molecule has 8 nitrogen and oxygen atoms in total. The van der Waals surface area contributed by atoms with E-state index in [0.29, 0.717) is 11.3 Å². The monoisotopic (exact) mass is 390 g/mol. The molecule has 1 aromatic carbocycles. The molecule has 0 aliphatic carbocycles. The molecule has 0 saturated carbocycles. The second-order valence-corrected chi connectivity index (χ2v) is 6.48.